The van der Waals surface area contributed by atoms with Gasteiger partial charge >= 0.3 is 0 Å². The van der Waals surface area contributed by atoms with Gasteiger partial charge in [-0.2, -0.15) is 0 Å². The van der Waals surface area contributed by atoms with E-state index in [0.717, 1.165) is 0 Å². The van der Waals surface area contributed by atoms with Gasteiger partial charge in [-0.3, -0.25) is 29.4 Å². The molecule has 0 aromatic heterocycles. The van der Waals surface area contributed by atoms with E-state index in [9.17, 15) is 28.0 Å². The van der Waals surface area contributed by atoms with E-state index in [1.807, 2.05) is 0 Å². The lowest BCUT2D eigenvalue weighted by molar-refractivity contribution is -0.140. The van der Waals surface area contributed by atoms with Crippen LogP contribution in [0.3, 0.4) is 0 Å². The number of piperidine rings is 1. The Bertz CT molecular complexity index is 720. The van der Waals surface area contributed by atoms with Crippen molar-refractivity contribution in [2.75, 3.05) is 0 Å². The Kier molecular flexibility index (Phi) is 2.88. The third-order valence-corrected chi connectivity index (χ3v) is 4.00. The number of nitrogens with zero attached hydrogens (tertiary/aromatic N) is 1. The van der Waals surface area contributed by atoms with Crippen LogP contribution in [0.15, 0.2) is 12.1 Å². The number of carbonyl (C=O) groups excluding carboxylic acids is 4. The van der Waals surface area contributed by atoms with Crippen molar-refractivity contribution in [3.63, 3.8) is 0 Å². The molecule has 3 rings (SSSR count). The normalized spacial score (nSPS) is 24.6. The fourth-order valence-electron chi connectivity index (χ4n) is 2.69. The number of benzene rings is 1. The van der Waals surface area contributed by atoms with Crippen molar-refractivity contribution in [3.8, 4) is 0 Å². The van der Waals surface area contributed by atoms with Crippen LogP contribution in [0.4, 0.5) is 8.78 Å². The Morgan fingerprint density at radius 2 is 1.55 bits per heavy atom. The third kappa shape index (κ3) is 1.76. The lowest BCUT2D eigenvalue weighted by Crippen LogP contribution is -2.62. The van der Waals surface area contributed by atoms with Crippen molar-refractivity contribution in [2.45, 2.75) is 25.3 Å². The minimum absolute atomic E-state index is 0.0433. The summed E-state index contributed by atoms with van der Waals surface area (Å²) in [7, 11) is 0. The summed E-state index contributed by atoms with van der Waals surface area (Å²) >= 11 is 0. The minimum Gasteiger partial charge on any atom is -0.294 e. The monoisotopic (exact) mass is 308 g/mol. The first kappa shape index (κ1) is 14.3. The first-order valence-electron chi connectivity index (χ1n) is 6.48. The standard InChI is InChI=1S/C14H10F2N2O4/c1-14(3-2-10(19)17-13(14)22)18-11(20)6-4-8(15)9(16)5-7(6)12(18)21/h4-5H,2-3H2,1H3,(H,17,19,22). The van der Waals surface area contributed by atoms with Crippen LogP contribution in [0, 0.1) is 11.6 Å². The van der Waals surface area contributed by atoms with Crippen molar-refractivity contribution >= 4 is 23.6 Å². The molecular weight excluding hydrogens is 298 g/mol. The van der Waals surface area contributed by atoms with Gasteiger partial charge in [-0.15, -0.1) is 0 Å². The highest BCUT2D eigenvalue weighted by Gasteiger charge is 2.52. The summed E-state index contributed by atoms with van der Waals surface area (Å²) in [6, 6.07) is 1.28. The molecule has 1 aromatic carbocycles. The molecule has 1 N–H and O–H groups in total. The largest absolute Gasteiger partial charge is 0.294 e. The van der Waals surface area contributed by atoms with Crippen LogP contribution in [0.5, 0.6) is 0 Å². The number of carbonyl (C=O) groups is 4. The van der Waals surface area contributed by atoms with E-state index >= 15 is 0 Å². The van der Waals surface area contributed by atoms with Crippen LogP contribution in [-0.2, 0) is 9.59 Å². The van der Waals surface area contributed by atoms with Crippen LogP contribution in [0.2, 0.25) is 0 Å². The molecule has 8 heteroatoms. The zero-order valence-corrected chi connectivity index (χ0v) is 11.4. The number of rotatable bonds is 1. The van der Waals surface area contributed by atoms with Crippen LogP contribution >= 0.6 is 0 Å². The second-order valence-electron chi connectivity index (χ2n) is 5.41. The Morgan fingerprint density at radius 1 is 1.05 bits per heavy atom. The lowest BCUT2D eigenvalue weighted by atomic mass is 9.89. The SMILES string of the molecule is CC1(N2C(=O)c3cc(F)c(F)cc3C2=O)CCC(=O)NC1=O. The predicted molar refractivity (Wildman–Crippen MR) is 67.6 cm³/mol. The Morgan fingerprint density at radius 3 is 2.00 bits per heavy atom. The number of amides is 4. The first-order chi connectivity index (χ1) is 10.3. The molecule has 0 bridgehead atoms. The van der Waals surface area contributed by atoms with Crippen LogP contribution in [0.25, 0.3) is 0 Å². The van der Waals surface area contributed by atoms with E-state index < -0.39 is 40.8 Å². The number of halogens is 2. The molecule has 0 aliphatic carbocycles. The number of hydrogen-bond acceptors (Lipinski definition) is 4. The predicted octanol–water partition coefficient (Wildman–Crippen LogP) is 0.756. The second kappa shape index (κ2) is 4.43. The molecule has 6 nitrogen and oxygen atoms in total. The molecule has 1 atom stereocenters. The zero-order chi connectivity index (χ0) is 16.2. The Labute approximate surface area is 123 Å². The average molecular weight is 308 g/mol. The van der Waals surface area contributed by atoms with E-state index in [2.05, 4.69) is 5.32 Å². The maximum absolute atomic E-state index is 13.3. The number of hydrogen-bond donors (Lipinski definition) is 1. The van der Waals surface area contributed by atoms with Crippen LogP contribution < -0.4 is 5.32 Å². The molecule has 1 saturated heterocycles. The highest BCUT2D eigenvalue weighted by atomic mass is 19.2. The summed E-state index contributed by atoms with van der Waals surface area (Å²) in [5, 5.41) is 2.07. The average Bonchev–Trinajstić information content (AvgIpc) is 2.68. The number of fused-ring (bicyclic) bond motifs is 1. The van der Waals surface area contributed by atoms with Crippen molar-refractivity contribution < 1.29 is 28.0 Å². The highest BCUT2D eigenvalue weighted by Crippen LogP contribution is 2.34. The van der Waals surface area contributed by atoms with Gasteiger partial charge in [0.1, 0.15) is 5.54 Å². The third-order valence-electron chi connectivity index (χ3n) is 4.00. The van der Waals surface area contributed by atoms with E-state index in [0.29, 0.717) is 17.0 Å². The van der Waals surface area contributed by atoms with Gasteiger partial charge in [0.25, 0.3) is 17.7 Å². The van der Waals surface area contributed by atoms with Gasteiger partial charge in [-0.25, -0.2) is 8.78 Å². The molecular formula is C14H10F2N2O4. The van der Waals surface area contributed by atoms with Gasteiger partial charge in [0.15, 0.2) is 11.6 Å². The van der Waals surface area contributed by atoms with E-state index in [-0.39, 0.29) is 24.0 Å². The van der Waals surface area contributed by atoms with Crippen molar-refractivity contribution in [1.82, 2.24) is 10.2 Å². The topological polar surface area (TPSA) is 83.6 Å². The second-order valence-corrected chi connectivity index (χ2v) is 5.41. The summed E-state index contributed by atoms with van der Waals surface area (Å²) in [5.74, 6) is -5.57. The van der Waals surface area contributed by atoms with E-state index in [4.69, 9.17) is 0 Å². The summed E-state index contributed by atoms with van der Waals surface area (Å²) < 4.78 is 26.6. The fraction of sp³-hybridized carbons (Fsp3) is 0.286. The summed E-state index contributed by atoms with van der Waals surface area (Å²) in [6.07, 6.45) is -0.0908. The van der Waals surface area contributed by atoms with Gasteiger partial charge in [0.2, 0.25) is 5.91 Å². The number of nitrogens with one attached hydrogen (secondary N) is 1. The van der Waals surface area contributed by atoms with Gasteiger partial charge in [-0.05, 0) is 25.5 Å². The molecule has 1 aromatic rings. The molecule has 22 heavy (non-hydrogen) atoms. The van der Waals surface area contributed by atoms with Gasteiger partial charge in [-0.1, -0.05) is 0 Å². The van der Waals surface area contributed by atoms with E-state index in [1.165, 1.54) is 6.92 Å². The van der Waals surface area contributed by atoms with Gasteiger partial charge in [0.05, 0.1) is 11.1 Å². The molecule has 2 aliphatic heterocycles. The zero-order valence-electron chi connectivity index (χ0n) is 11.4. The summed E-state index contributed by atoms with van der Waals surface area (Å²) in [6.45, 7) is 1.34. The molecule has 0 spiro atoms. The fourth-order valence-corrected chi connectivity index (χ4v) is 2.69. The summed E-state index contributed by atoms with van der Waals surface area (Å²) in [4.78, 5) is 48.7. The smallest absolute Gasteiger partial charge is 0.262 e. The molecule has 4 amide bonds. The lowest BCUT2D eigenvalue weighted by Gasteiger charge is -2.38. The summed E-state index contributed by atoms with van der Waals surface area (Å²) in [5.41, 5.74) is -2.17. The molecule has 1 fully saturated rings. The maximum Gasteiger partial charge on any atom is 0.262 e. The Balaban J connectivity index is 2.07. The van der Waals surface area contributed by atoms with Crippen LogP contribution in [0.1, 0.15) is 40.5 Å². The molecule has 2 aliphatic rings. The minimum atomic E-state index is -1.58. The first-order valence-corrected chi connectivity index (χ1v) is 6.48. The maximum atomic E-state index is 13.3. The Hall–Kier alpha value is -2.64. The van der Waals surface area contributed by atoms with Gasteiger partial charge in [0, 0.05) is 6.42 Å². The molecule has 2 heterocycles. The molecule has 0 saturated carbocycles. The number of imide groups is 2. The van der Waals surface area contributed by atoms with Gasteiger partial charge < -0.3 is 0 Å². The quantitative estimate of drug-likeness (QED) is 0.776. The van der Waals surface area contributed by atoms with Crippen LogP contribution in [-0.4, -0.2) is 34.1 Å². The van der Waals surface area contributed by atoms with E-state index in [1.54, 1.807) is 0 Å². The highest BCUT2D eigenvalue weighted by molar-refractivity contribution is 6.24. The molecule has 0 radical (unpaired) electrons. The van der Waals surface area contributed by atoms with Crippen molar-refractivity contribution in [1.29, 1.82) is 0 Å². The molecule has 114 valence electrons. The van der Waals surface area contributed by atoms with Crippen molar-refractivity contribution in [2.24, 2.45) is 0 Å². The molecule has 1 unspecified atom stereocenters. The van der Waals surface area contributed by atoms with Crippen molar-refractivity contribution in [3.05, 3.63) is 34.9 Å².